The lowest BCUT2D eigenvalue weighted by molar-refractivity contribution is -0.126. The third-order valence-electron chi connectivity index (χ3n) is 5.14. The number of amides is 1. The maximum absolute atomic E-state index is 12.5. The predicted molar refractivity (Wildman–Crippen MR) is 98.5 cm³/mol. The molecule has 130 valence electrons. The summed E-state index contributed by atoms with van der Waals surface area (Å²) in [4.78, 5) is 12.5. The highest BCUT2D eigenvalue weighted by Gasteiger charge is 2.28. The minimum Gasteiger partial charge on any atom is -0.353 e. The van der Waals surface area contributed by atoms with E-state index in [-0.39, 0.29) is 30.3 Å². The summed E-state index contributed by atoms with van der Waals surface area (Å²) >= 11 is 0. The zero-order chi connectivity index (χ0) is 16.1. The van der Waals surface area contributed by atoms with Crippen molar-refractivity contribution in [3.05, 3.63) is 35.9 Å². The fraction of sp³-hybridized carbons (Fsp3) is 0.632. The Kier molecular flexibility index (Phi) is 8.07. The van der Waals surface area contributed by atoms with Gasteiger partial charge in [0.05, 0.1) is 5.92 Å². The molecule has 4 atom stereocenters. The molecule has 0 aliphatic heterocycles. The number of carbonyl (C=O) groups is 1. The molecule has 3 nitrogen and oxygen atoms in total. The van der Waals surface area contributed by atoms with Crippen LogP contribution in [0.4, 0.5) is 0 Å². The Balaban J connectivity index is 0.00000264. The Hall–Kier alpha value is -1.06. The highest BCUT2D eigenvalue weighted by Crippen LogP contribution is 2.30. The Morgan fingerprint density at radius 3 is 2.43 bits per heavy atom. The van der Waals surface area contributed by atoms with Gasteiger partial charge in [-0.2, -0.15) is 0 Å². The second kappa shape index (κ2) is 9.29. The van der Waals surface area contributed by atoms with Gasteiger partial charge < -0.3 is 11.1 Å². The number of hydrogen-bond acceptors (Lipinski definition) is 2. The van der Waals surface area contributed by atoms with Crippen molar-refractivity contribution in [2.45, 2.75) is 58.5 Å². The zero-order valence-corrected chi connectivity index (χ0v) is 15.3. The van der Waals surface area contributed by atoms with Crippen molar-refractivity contribution in [1.82, 2.24) is 5.32 Å². The van der Waals surface area contributed by atoms with Crippen LogP contribution in [0, 0.1) is 17.8 Å². The fourth-order valence-corrected chi connectivity index (χ4v) is 3.42. The fourth-order valence-electron chi connectivity index (χ4n) is 3.42. The Morgan fingerprint density at radius 1 is 1.17 bits per heavy atom. The van der Waals surface area contributed by atoms with E-state index < -0.39 is 0 Å². The van der Waals surface area contributed by atoms with Gasteiger partial charge in [0.2, 0.25) is 5.91 Å². The minimum absolute atomic E-state index is 0. The molecule has 1 fully saturated rings. The van der Waals surface area contributed by atoms with Crippen LogP contribution in [0.2, 0.25) is 0 Å². The lowest BCUT2D eigenvalue weighted by atomic mass is 9.79. The number of halogens is 1. The Bertz CT molecular complexity index is 478. The molecule has 0 heterocycles. The molecule has 3 N–H and O–H groups in total. The highest BCUT2D eigenvalue weighted by atomic mass is 35.5. The van der Waals surface area contributed by atoms with E-state index in [0.717, 1.165) is 24.3 Å². The summed E-state index contributed by atoms with van der Waals surface area (Å²) < 4.78 is 0. The van der Waals surface area contributed by atoms with Crippen LogP contribution in [-0.4, -0.2) is 11.9 Å². The molecular formula is C19H31ClN2O. The molecular weight excluding hydrogens is 308 g/mol. The third kappa shape index (κ3) is 5.50. The van der Waals surface area contributed by atoms with Crippen LogP contribution >= 0.6 is 12.4 Å². The second-order valence-electron chi connectivity index (χ2n) is 7.10. The van der Waals surface area contributed by atoms with Gasteiger partial charge in [-0.1, -0.05) is 63.9 Å². The van der Waals surface area contributed by atoms with Gasteiger partial charge in [0, 0.05) is 12.1 Å². The van der Waals surface area contributed by atoms with Crippen molar-refractivity contribution in [3.8, 4) is 0 Å². The molecule has 1 saturated carbocycles. The van der Waals surface area contributed by atoms with Crippen molar-refractivity contribution < 1.29 is 4.79 Å². The van der Waals surface area contributed by atoms with Gasteiger partial charge in [0.25, 0.3) is 0 Å². The van der Waals surface area contributed by atoms with Crippen LogP contribution in [0.3, 0.4) is 0 Å². The number of benzene rings is 1. The molecule has 0 spiro atoms. The van der Waals surface area contributed by atoms with Crippen molar-refractivity contribution in [3.63, 3.8) is 0 Å². The summed E-state index contributed by atoms with van der Waals surface area (Å²) in [6.45, 7) is 6.49. The largest absolute Gasteiger partial charge is 0.353 e. The van der Waals surface area contributed by atoms with E-state index in [4.69, 9.17) is 5.73 Å². The van der Waals surface area contributed by atoms with E-state index in [9.17, 15) is 4.79 Å². The standard InChI is InChI=1S/C19H30N2O.ClH/c1-13(2)16-10-7-11-17(12-16)21-19(22)14(3)18(20)15-8-5-4-6-9-15;/h4-6,8-9,13-14,16-18H,7,10-12,20H2,1-3H3,(H,21,22);1H. The minimum atomic E-state index is -0.245. The zero-order valence-electron chi connectivity index (χ0n) is 14.5. The Morgan fingerprint density at radius 2 is 1.83 bits per heavy atom. The van der Waals surface area contributed by atoms with E-state index in [1.165, 1.54) is 12.8 Å². The van der Waals surface area contributed by atoms with Gasteiger partial charge >= 0.3 is 0 Å². The maximum atomic E-state index is 12.5. The molecule has 0 radical (unpaired) electrons. The molecule has 4 heteroatoms. The molecule has 1 amide bonds. The van der Waals surface area contributed by atoms with Crippen molar-refractivity contribution >= 4 is 18.3 Å². The van der Waals surface area contributed by atoms with E-state index in [1.54, 1.807) is 0 Å². The molecule has 4 unspecified atom stereocenters. The number of nitrogens with two attached hydrogens (primary N) is 1. The summed E-state index contributed by atoms with van der Waals surface area (Å²) in [5.41, 5.74) is 7.28. The molecule has 1 aliphatic rings. The predicted octanol–water partition coefficient (Wildman–Crippen LogP) is 4.08. The normalized spacial score (nSPS) is 23.7. The quantitative estimate of drug-likeness (QED) is 0.850. The second-order valence-corrected chi connectivity index (χ2v) is 7.10. The van der Waals surface area contributed by atoms with Gasteiger partial charge in [0.15, 0.2) is 0 Å². The molecule has 1 aliphatic carbocycles. The average Bonchev–Trinajstić information content (AvgIpc) is 2.54. The number of rotatable bonds is 5. The first-order valence-electron chi connectivity index (χ1n) is 8.60. The third-order valence-corrected chi connectivity index (χ3v) is 5.14. The number of hydrogen-bond donors (Lipinski definition) is 2. The molecule has 1 aromatic rings. The summed E-state index contributed by atoms with van der Waals surface area (Å²) in [7, 11) is 0. The first kappa shape index (κ1) is 20.0. The van der Waals surface area contributed by atoms with Gasteiger partial charge in [-0.15, -0.1) is 12.4 Å². The summed E-state index contributed by atoms with van der Waals surface area (Å²) in [5.74, 6) is 1.31. The molecule has 0 bridgehead atoms. The van der Waals surface area contributed by atoms with Crippen LogP contribution in [-0.2, 0) is 4.79 Å². The van der Waals surface area contributed by atoms with E-state index in [0.29, 0.717) is 12.0 Å². The number of nitrogens with one attached hydrogen (secondary N) is 1. The topological polar surface area (TPSA) is 55.1 Å². The molecule has 0 saturated heterocycles. The first-order valence-corrected chi connectivity index (χ1v) is 8.60. The van der Waals surface area contributed by atoms with Gasteiger partial charge in [-0.05, 0) is 30.2 Å². The summed E-state index contributed by atoms with van der Waals surface area (Å²) in [6.07, 6.45) is 4.72. The first-order chi connectivity index (χ1) is 10.5. The van der Waals surface area contributed by atoms with E-state index in [2.05, 4.69) is 19.2 Å². The van der Waals surface area contributed by atoms with Crippen LogP contribution < -0.4 is 11.1 Å². The summed E-state index contributed by atoms with van der Waals surface area (Å²) in [5, 5.41) is 3.24. The van der Waals surface area contributed by atoms with Gasteiger partial charge in [-0.3, -0.25) is 4.79 Å². The van der Waals surface area contributed by atoms with Gasteiger partial charge in [0.1, 0.15) is 0 Å². The highest BCUT2D eigenvalue weighted by molar-refractivity contribution is 5.85. The molecule has 23 heavy (non-hydrogen) atoms. The monoisotopic (exact) mass is 338 g/mol. The number of carbonyl (C=O) groups excluding carboxylic acids is 1. The Labute approximate surface area is 146 Å². The average molecular weight is 339 g/mol. The van der Waals surface area contributed by atoms with Crippen molar-refractivity contribution in [1.29, 1.82) is 0 Å². The lowest BCUT2D eigenvalue weighted by Gasteiger charge is -2.33. The molecule has 0 aromatic heterocycles. The van der Waals surface area contributed by atoms with Crippen LogP contribution in [0.1, 0.15) is 58.1 Å². The van der Waals surface area contributed by atoms with Crippen LogP contribution in [0.25, 0.3) is 0 Å². The molecule has 2 rings (SSSR count). The lowest BCUT2D eigenvalue weighted by Crippen LogP contribution is -2.43. The van der Waals surface area contributed by atoms with E-state index >= 15 is 0 Å². The van der Waals surface area contributed by atoms with Crippen LogP contribution in [0.15, 0.2) is 30.3 Å². The summed E-state index contributed by atoms with van der Waals surface area (Å²) in [6, 6.07) is 9.95. The van der Waals surface area contributed by atoms with Crippen molar-refractivity contribution in [2.75, 3.05) is 0 Å². The van der Waals surface area contributed by atoms with E-state index in [1.807, 2.05) is 37.3 Å². The SMILES string of the molecule is CC(C)C1CCCC(NC(=O)C(C)C(N)c2ccccc2)C1.Cl. The smallest absolute Gasteiger partial charge is 0.224 e. The van der Waals surface area contributed by atoms with Crippen molar-refractivity contribution in [2.24, 2.45) is 23.5 Å². The maximum Gasteiger partial charge on any atom is 0.224 e. The van der Waals surface area contributed by atoms with Crippen LogP contribution in [0.5, 0.6) is 0 Å². The molecule has 1 aromatic carbocycles. The van der Waals surface area contributed by atoms with Gasteiger partial charge in [-0.25, -0.2) is 0 Å².